The monoisotopic (exact) mass is 495 g/mol. The number of carbonyl (C=O) groups is 2. The third-order valence-electron chi connectivity index (χ3n) is 5.54. The normalized spacial score (nSPS) is 13.3. The van der Waals surface area contributed by atoms with Crippen LogP contribution in [0.3, 0.4) is 0 Å². The van der Waals surface area contributed by atoms with E-state index >= 15 is 0 Å². The number of cyclic esters (lactones) is 1. The zero-order valence-electron chi connectivity index (χ0n) is 19.3. The van der Waals surface area contributed by atoms with E-state index in [1.54, 1.807) is 55.5 Å². The number of hydrogen-bond acceptors (Lipinski definition) is 6. The number of ether oxygens (including phenoxy) is 2. The summed E-state index contributed by atoms with van der Waals surface area (Å²) in [6.45, 7) is 2.75. The number of rotatable bonds is 8. The molecule has 0 aromatic heterocycles. The summed E-state index contributed by atoms with van der Waals surface area (Å²) >= 11 is 0. The molecule has 1 aliphatic heterocycles. The molecule has 0 saturated carbocycles. The third-order valence-corrected chi connectivity index (χ3v) is 6.92. The van der Waals surface area contributed by atoms with Crippen molar-refractivity contribution in [2.24, 2.45) is 0 Å². The van der Waals surface area contributed by atoms with Crippen LogP contribution in [0.5, 0.6) is 5.75 Å². The van der Waals surface area contributed by atoms with Gasteiger partial charge in [0.25, 0.3) is 15.9 Å². The van der Waals surface area contributed by atoms with E-state index in [9.17, 15) is 18.0 Å². The van der Waals surface area contributed by atoms with Gasteiger partial charge in [-0.1, -0.05) is 18.2 Å². The Kier molecular flexibility index (Phi) is 6.92. The molecule has 0 spiro atoms. The van der Waals surface area contributed by atoms with Gasteiger partial charge in [0.1, 0.15) is 12.4 Å². The van der Waals surface area contributed by atoms with Crippen molar-refractivity contribution in [1.29, 1.82) is 0 Å². The maximum atomic E-state index is 12.9. The molecule has 3 aromatic rings. The van der Waals surface area contributed by atoms with Gasteiger partial charge in [-0.15, -0.1) is 0 Å². The van der Waals surface area contributed by atoms with Crippen molar-refractivity contribution in [3.8, 4) is 5.75 Å². The van der Waals surface area contributed by atoms with Crippen LogP contribution in [0.4, 0.5) is 16.2 Å². The molecule has 9 nitrogen and oxygen atoms in total. The molecule has 35 heavy (non-hydrogen) atoms. The van der Waals surface area contributed by atoms with Gasteiger partial charge < -0.3 is 14.8 Å². The van der Waals surface area contributed by atoms with Crippen LogP contribution < -0.4 is 19.7 Å². The fourth-order valence-electron chi connectivity index (χ4n) is 3.63. The van der Waals surface area contributed by atoms with Crippen molar-refractivity contribution in [3.63, 3.8) is 0 Å². The number of methoxy groups -OCH3 is 1. The molecule has 0 bridgehead atoms. The molecule has 4 rings (SSSR count). The van der Waals surface area contributed by atoms with Crippen LogP contribution in [0.2, 0.25) is 0 Å². The molecule has 2 N–H and O–H groups in total. The van der Waals surface area contributed by atoms with E-state index in [2.05, 4.69) is 10.0 Å². The van der Waals surface area contributed by atoms with E-state index in [0.29, 0.717) is 35.8 Å². The van der Waals surface area contributed by atoms with Gasteiger partial charge in [0.05, 0.1) is 18.6 Å². The second kappa shape index (κ2) is 10.1. The van der Waals surface area contributed by atoms with Crippen LogP contribution in [-0.4, -0.2) is 40.7 Å². The highest BCUT2D eigenvalue weighted by Crippen LogP contribution is 2.22. The molecule has 1 fully saturated rings. The minimum absolute atomic E-state index is 0.0291. The minimum Gasteiger partial charge on any atom is -0.497 e. The average Bonchev–Trinajstić information content (AvgIpc) is 3.29. The van der Waals surface area contributed by atoms with Gasteiger partial charge >= 0.3 is 6.09 Å². The van der Waals surface area contributed by atoms with E-state index in [4.69, 9.17) is 9.47 Å². The zero-order valence-corrected chi connectivity index (χ0v) is 20.1. The van der Waals surface area contributed by atoms with Crippen molar-refractivity contribution < 1.29 is 27.5 Å². The predicted molar refractivity (Wildman–Crippen MR) is 131 cm³/mol. The standard InChI is InChI=1S/C25H25N3O6S/c1-17-6-11-22(35(31,32)27-19-7-9-21(33-2)10-8-19)15-23(17)24(29)26-16-18-4-3-5-20(14-18)28-12-13-34-25(28)30/h3-11,14-15,27H,12-13,16H2,1-2H3,(H,26,29). The lowest BCUT2D eigenvalue weighted by Crippen LogP contribution is -2.25. The van der Waals surface area contributed by atoms with Crippen molar-refractivity contribution in [2.75, 3.05) is 29.9 Å². The lowest BCUT2D eigenvalue weighted by molar-refractivity contribution is 0.0950. The van der Waals surface area contributed by atoms with Gasteiger partial charge in [-0.05, 0) is 66.6 Å². The number of benzene rings is 3. The number of sulfonamides is 1. The van der Waals surface area contributed by atoms with Crippen molar-refractivity contribution >= 4 is 33.4 Å². The van der Waals surface area contributed by atoms with Crippen molar-refractivity contribution in [3.05, 3.63) is 83.4 Å². The zero-order chi connectivity index (χ0) is 25.0. The molecule has 182 valence electrons. The van der Waals surface area contributed by atoms with E-state index in [1.165, 1.54) is 24.1 Å². The molecule has 0 atom stereocenters. The Balaban J connectivity index is 1.47. The average molecular weight is 496 g/mol. The Hall–Kier alpha value is -4.05. The first kappa shape index (κ1) is 24.1. The minimum atomic E-state index is -3.91. The van der Waals surface area contributed by atoms with E-state index in [-0.39, 0.29) is 17.0 Å². The summed E-state index contributed by atoms with van der Waals surface area (Å²) in [5.41, 5.74) is 2.74. The number of hydrogen-bond donors (Lipinski definition) is 2. The maximum absolute atomic E-state index is 12.9. The first-order chi connectivity index (χ1) is 16.8. The Labute approximate surface area is 203 Å². The summed E-state index contributed by atoms with van der Waals surface area (Å²) in [5.74, 6) is 0.197. The SMILES string of the molecule is COc1ccc(NS(=O)(=O)c2ccc(C)c(C(=O)NCc3cccc(N4CCOC4=O)c3)c2)cc1. The Bertz CT molecular complexity index is 1360. The van der Waals surface area contributed by atoms with Gasteiger partial charge in [-0.3, -0.25) is 14.4 Å². The molecule has 0 unspecified atom stereocenters. The second-order valence-corrected chi connectivity index (χ2v) is 9.61. The lowest BCUT2D eigenvalue weighted by atomic mass is 10.1. The van der Waals surface area contributed by atoms with E-state index in [0.717, 1.165) is 5.56 Å². The van der Waals surface area contributed by atoms with Crippen LogP contribution in [0.25, 0.3) is 0 Å². The van der Waals surface area contributed by atoms with Gasteiger partial charge in [-0.2, -0.15) is 0 Å². The topological polar surface area (TPSA) is 114 Å². The van der Waals surface area contributed by atoms with Crippen LogP contribution >= 0.6 is 0 Å². The predicted octanol–water partition coefficient (Wildman–Crippen LogP) is 3.69. The van der Waals surface area contributed by atoms with E-state index < -0.39 is 22.0 Å². The number of nitrogens with zero attached hydrogens (tertiary/aromatic N) is 1. The summed E-state index contributed by atoms with van der Waals surface area (Å²) in [7, 11) is -2.39. The van der Waals surface area contributed by atoms with Crippen LogP contribution in [-0.2, 0) is 21.3 Å². The van der Waals surface area contributed by atoms with Crippen molar-refractivity contribution in [1.82, 2.24) is 5.32 Å². The summed E-state index contributed by atoms with van der Waals surface area (Å²) in [6.07, 6.45) is -0.400. The summed E-state index contributed by atoms with van der Waals surface area (Å²) in [6, 6.07) is 18.1. The number of amides is 2. The highest BCUT2D eigenvalue weighted by atomic mass is 32.2. The van der Waals surface area contributed by atoms with Crippen LogP contribution in [0.1, 0.15) is 21.5 Å². The summed E-state index contributed by atoms with van der Waals surface area (Å²) in [4.78, 5) is 26.2. The van der Waals surface area contributed by atoms with Gasteiger partial charge in [0.2, 0.25) is 0 Å². The molecule has 1 saturated heterocycles. The number of anilines is 2. The molecule has 1 heterocycles. The van der Waals surface area contributed by atoms with Crippen LogP contribution in [0.15, 0.2) is 71.6 Å². The van der Waals surface area contributed by atoms with Crippen molar-refractivity contribution in [2.45, 2.75) is 18.4 Å². The molecular formula is C25H25N3O6S. The number of aryl methyl sites for hydroxylation is 1. The van der Waals surface area contributed by atoms with E-state index in [1.807, 2.05) is 6.07 Å². The molecule has 3 aromatic carbocycles. The lowest BCUT2D eigenvalue weighted by Gasteiger charge is -2.15. The molecule has 2 amide bonds. The highest BCUT2D eigenvalue weighted by Gasteiger charge is 2.23. The summed E-state index contributed by atoms with van der Waals surface area (Å²) in [5, 5.41) is 2.82. The summed E-state index contributed by atoms with van der Waals surface area (Å²) < 4.78 is 38.4. The molecule has 1 aliphatic rings. The maximum Gasteiger partial charge on any atom is 0.414 e. The van der Waals surface area contributed by atoms with Crippen LogP contribution in [0, 0.1) is 6.92 Å². The second-order valence-electron chi connectivity index (χ2n) is 7.93. The van der Waals surface area contributed by atoms with Gasteiger partial charge in [0, 0.05) is 23.5 Å². The third kappa shape index (κ3) is 5.55. The number of carbonyl (C=O) groups excluding carboxylic acids is 2. The molecule has 10 heteroatoms. The molecule has 0 aliphatic carbocycles. The Morgan fingerprint density at radius 2 is 1.86 bits per heavy atom. The molecule has 0 radical (unpaired) electrons. The fourth-order valence-corrected chi connectivity index (χ4v) is 4.71. The number of nitrogens with one attached hydrogen (secondary N) is 2. The van der Waals surface area contributed by atoms with Gasteiger partial charge in [-0.25, -0.2) is 13.2 Å². The highest BCUT2D eigenvalue weighted by molar-refractivity contribution is 7.92. The fraction of sp³-hybridized carbons (Fsp3) is 0.200. The molecular weight excluding hydrogens is 470 g/mol. The first-order valence-corrected chi connectivity index (χ1v) is 12.3. The quantitative estimate of drug-likeness (QED) is 0.493. The largest absolute Gasteiger partial charge is 0.497 e. The smallest absolute Gasteiger partial charge is 0.414 e. The first-order valence-electron chi connectivity index (χ1n) is 10.9. The Morgan fingerprint density at radius 3 is 2.54 bits per heavy atom. The van der Waals surface area contributed by atoms with Gasteiger partial charge in [0.15, 0.2) is 0 Å². The Morgan fingerprint density at radius 1 is 1.09 bits per heavy atom.